The number of rotatable bonds is 9. The maximum absolute atomic E-state index is 13.1. The van der Waals surface area contributed by atoms with Crippen LogP contribution < -0.4 is 0 Å². The fourth-order valence-electron chi connectivity index (χ4n) is 3.81. The first-order valence-electron chi connectivity index (χ1n) is 10.5. The van der Waals surface area contributed by atoms with Crippen LogP contribution in [0.15, 0.2) is 30.3 Å². The monoisotopic (exact) mass is 464 g/mol. The normalized spacial score (nSPS) is 21.8. The van der Waals surface area contributed by atoms with E-state index in [1.807, 2.05) is 56.0 Å². The summed E-state index contributed by atoms with van der Waals surface area (Å²) in [5, 5.41) is 10.0. The van der Waals surface area contributed by atoms with Gasteiger partial charge in [0.1, 0.15) is 5.60 Å². The first-order chi connectivity index (χ1) is 13.9. The van der Waals surface area contributed by atoms with Gasteiger partial charge in [-0.15, -0.1) is 0 Å². The van der Waals surface area contributed by atoms with E-state index in [0.717, 1.165) is 36.6 Å². The van der Waals surface area contributed by atoms with Crippen LogP contribution in [0, 0.1) is 11.3 Å². The van der Waals surface area contributed by atoms with Crippen molar-refractivity contribution in [2.45, 2.75) is 89.7 Å². The highest BCUT2D eigenvalue weighted by Gasteiger charge is 2.45. The number of hydrogen-bond acceptors (Lipinski definition) is 4. The van der Waals surface area contributed by atoms with Gasteiger partial charge in [0.25, 0.3) is 0 Å². The molecule has 160 valence electrons. The number of nitrogens with zero attached hydrogens (tertiary/aromatic N) is 2. The summed E-state index contributed by atoms with van der Waals surface area (Å²) in [6, 6.07) is 12.3. The lowest BCUT2D eigenvalue weighted by Crippen LogP contribution is -2.46. The summed E-state index contributed by atoms with van der Waals surface area (Å²) in [4.78, 5) is 14.9. The van der Waals surface area contributed by atoms with Gasteiger partial charge in [-0.3, -0.25) is 4.90 Å². The first-order valence-corrected chi connectivity index (χ1v) is 11.6. The number of carbonyl (C=O) groups is 1. The van der Waals surface area contributed by atoms with E-state index in [9.17, 15) is 4.79 Å². The highest BCUT2D eigenvalue weighted by Crippen LogP contribution is 2.34. The molecule has 1 unspecified atom stereocenters. The molecule has 1 aromatic rings. The average molecular weight is 465 g/mol. The molecule has 6 heteroatoms. The van der Waals surface area contributed by atoms with E-state index in [1.54, 1.807) is 0 Å². The van der Waals surface area contributed by atoms with Crippen molar-refractivity contribution < 1.29 is 14.3 Å². The van der Waals surface area contributed by atoms with Gasteiger partial charge in [0.2, 0.25) is 0 Å². The Morgan fingerprint density at radius 2 is 1.97 bits per heavy atom. The molecule has 0 radical (unpaired) electrons. The van der Waals surface area contributed by atoms with E-state index >= 15 is 0 Å². The van der Waals surface area contributed by atoms with Crippen LogP contribution in [0.25, 0.3) is 0 Å². The number of halogens is 1. The molecule has 1 fully saturated rings. The number of alkyl halides is 1. The van der Waals surface area contributed by atoms with Gasteiger partial charge in [0, 0.05) is 17.8 Å². The Morgan fingerprint density at radius 3 is 2.59 bits per heavy atom. The number of likely N-dealkylation sites (tertiary alicyclic amines) is 1. The third-order valence-electron chi connectivity index (χ3n) is 5.07. The van der Waals surface area contributed by atoms with E-state index in [-0.39, 0.29) is 24.3 Å². The zero-order valence-electron chi connectivity index (χ0n) is 17.8. The molecule has 0 aliphatic carbocycles. The molecular formula is C23H33BrN2O3. The van der Waals surface area contributed by atoms with Gasteiger partial charge in [-0.2, -0.15) is 5.26 Å². The number of amides is 1. The van der Waals surface area contributed by atoms with Crippen molar-refractivity contribution in [2.75, 3.05) is 5.33 Å². The highest BCUT2D eigenvalue weighted by molar-refractivity contribution is 9.09. The molecule has 1 heterocycles. The molecule has 0 saturated carbocycles. The molecule has 1 aromatic carbocycles. The quantitative estimate of drug-likeness (QED) is 0.341. The molecule has 1 aliphatic rings. The van der Waals surface area contributed by atoms with Gasteiger partial charge >= 0.3 is 6.09 Å². The minimum absolute atomic E-state index is 0.0285. The Balaban J connectivity index is 2.18. The van der Waals surface area contributed by atoms with Crippen molar-refractivity contribution in [3.63, 3.8) is 0 Å². The maximum Gasteiger partial charge on any atom is 0.410 e. The minimum Gasteiger partial charge on any atom is -0.444 e. The number of carbonyl (C=O) groups excluding carboxylic acids is 1. The largest absolute Gasteiger partial charge is 0.444 e. The van der Waals surface area contributed by atoms with Crippen LogP contribution in [-0.4, -0.2) is 40.1 Å². The Kier molecular flexibility index (Phi) is 9.45. The van der Waals surface area contributed by atoms with Crippen molar-refractivity contribution in [1.82, 2.24) is 4.90 Å². The fraction of sp³-hybridized carbons (Fsp3) is 0.652. The zero-order valence-corrected chi connectivity index (χ0v) is 19.4. The summed E-state index contributed by atoms with van der Waals surface area (Å²) in [6.07, 6.45) is 4.38. The average Bonchev–Trinajstić information content (AvgIpc) is 3.02. The molecule has 29 heavy (non-hydrogen) atoms. The number of nitriles is 1. The fourth-order valence-corrected chi connectivity index (χ4v) is 4.20. The van der Waals surface area contributed by atoms with Crippen LogP contribution in [0.1, 0.15) is 64.9 Å². The number of benzene rings is 1. The summed E-state index contributed by atoms with van der Waals surface area (Å²) in [6.45, 7) is 6.17. The SMILES string of the molecule is CC(C)(C)OC(=O)N1C(CCC#N)C[C@H](OCc2ccccc2)[C@H]1CCCCBr. The first kappa shape index (κ1) is 23.7. The van der Waals surface area contributed by atoms with Crippen LogP contribution in [0.2, 0.25) is 0 Å². The summed E-state index contributed by atoms with van der Waals surface area (Å²) >= 11 is 3.49. The molecule has 2 rings (SSSR count). The zero-order chi connectivity index (χ0) is 21.3. The number of hydrogen-bond donors (Lipinski definition) is 0. The topological polar surface area (TPSA) is 62.6 Å². The van der Waals surface area contributed by atoms with Crippen molar-refractivity contribution in [2.24, 2.45) is 0 Å². The third kappa shape index (κ3) is 7.64. The van der Waals surface area contributed by atoms with E-state index < -0.39 is 5.60 Å². The molecule has 0 spiro atoms. The van der Waals surface area contributed by atoms with Crippen LogP contribution in [0.5, 0.6) is 0 Å². The van der Waals surface area contributed by atoms with Gasteiger partial charge in [0.15, 0.2) is 0 Å². The van der Waals surface area contributed by atoms with Crippen molar-refractivity contribution >= 4 is 22.0 Å². The third-order valence-corrected chi connectivity index (χ3v) is 5.63. The molecule has 1 saturated heterocycles. The Bertz CT molecular complexity index is 669. The summed E-state index contributed by atoms with van der Waals surface area (Å²) in [5.74, 6) is 0. The molecule has 1 aliphatic heterocycles. The second-order valence-electron chi connectivity index (χ2n) is 8.56. The lowest BCUT2D eigenvalue weighted by atomic mass is 10.0. The van der Waals surface area contributed by atoms with Gasteiger partial charge in [-0.05, 0) is 52.0 Å². The number of ether oxygens (including phenoxy) is 2. The van der Waals surface area contributed by atoms with E-state index in [4.69, 9.17) is 14.7 Å². The molecular weight excluding hydrogens is 432 g/mol. The molecule has 0 bridgehead atoms. The maximum atomic E-state index is 13.1. The summed E-state index contributed by atoms with van der Waals surface area (Å²) < 4.78 is 12.0. The predicted octanol–water partition coefficient (Wildman–Crippen LogP) is 5.82. The predicted molar refractivity (Wildman–Crippen MR) is 118 cm³/mol. The Hall–Kier alpha value is -1.58. The van der Waals surface area contributed by atoms with Crippen LogP contribution in [0.3, 0.4) is 0 Å². The summed E-state index contributed by atoms with van der Waals surface area (Å²) in [7, 11) is 0. The lowest BCUT2D eigenvalue weighted by molar-refractivity contribution is -0.00960. The Labute approximate surface area is 183 Å². The van der Waals surface area contributed by atoms with Gasteiger partial charge in [-0.1, -0.05) is 52.7 Å². The Morgan fingerprint density at radius 1 is 1.24 bits per heavy atom. The van der Waals surface area contributed by atoms with Crippen LogP contribution >= 0.6 is 15.9 Å². The molecule has 1 amide bonds. The summed E-state index contributed by atoms with van der Waals surface area (Å²) in [5.41, 5.74) is 0.566. The second kappa shape index (κ2) is 11.6. The molecule has 5 nitrogen and oxygen atoms in total. The highest BCUT2D eigenvalue weighted by atomic mass is 79.9. The standard InChI is InChI=1S/C23H33BrN2O3/c1-23(2,3)29-22(27)26-19(12-9-15-25)16-21(20(26)13-7-8-14-24)28-17-18-10-5-4-6-11-18/h4-6,10-11,19-21H,7-9,12-14,16-17H2,1-3H3/t19?,20-,21+/m1/s1. The van der Waals surface area contributed by atoms with E-state index in [0.29, 0.717) is 19.4 Å². The number of unbranched alkanes of at least 4 members (excludes halogenated alkanes) is 1. The lowest BCUT2D eigenvalue weighted by Gasteiger charge is -2.33. The van der Waals surface area contributed by atoms with Gasteiger partial charge in [-0.25, -0.2) is 4.79 Å². The van der Waals surface area contributed by atoms with Gasteiger partial charge < -0.3 is 9.47 Å². The second-order valence-corrected chi connectivity index (χ2v) is 9.35. The molecule has 0 N–H and O–H groups in total. The molecule has 3 atom stereocenters. The minimum atomic E-state index is -0.555. The van der Waals surface area contributed by atoms with Crippen molar-refractivity contribution in [3.8, 4) is 6.07 Å². The van der Waals surface area contributed by atoms with Gasteiger partial charge in [0.05, 0.1) is 24.8 Å². The molecule has 0 aromatic heterocycles. The van der Waals surface area contributed by atoms with Crippen molar-refractivity contribution in [3.05, 3.63) is 35.9 Å². The smallest absolute Gasteiger partial charge is 0.410 e. The van der Waals surface area contributed by atoms with E-state index in [2.05, 4.69) is 22.0 Å². The van der Waals surface area contributed by atoms with Crippen LogP contribution in [-0.2, 0) is 16.1 Å². The van der Waals surface area contributed by atoms with Crippen molar-refractivity contribution in [1.29, 1.82) is 5.26 Å². The van der Waals surface area contributed by atoms with Crippen LogP contribution in [0.4, 0.5) is 4.79 Å². The van der Waals surface area contributed by atoms with E-state index in [1.165, 1.54) is 0 Å².